The Morgan fingerprint density at radius 1 is 0.750 bits per heavy atom. The summed E-state index contributed by atoms with van der Waals surface area (Å²) in [6, 6.07) is 12.3. The van der Waals surface area contributed by atoms with Crippen molar-refractivity contribution in [2.75, 3.05) is 16.3 Å². The first-order valence-corrected chi connectivity index (χ1v) is 7.26. The molecule has 0 saturated carbocycles. The van der Waals surface area contributed by atoms with Crippen LogP contribution in [0.25, 0.3) is 0 Å². The average Bonchev–Trinajstić information content (AvgIpc) is 3.05. The van der Waals surface area contributed by atoms with E-state index in [1.165, 1.54) is 6.07 Å². The number of anilines is 2. The third-order valence-electron chi connectivity index (χ3n) is 3.98. The number of rotatable bonds is 2. The minimum atomic E-state index is -0.528. The molecule has 4 rings (SSSR count). The Hall–Kier alpha value is -3.48. The predicted molar refractivity (Wildman–Crippen MR) is 84.9 cm³/mol. The molecular weight excluding hydrogens is 310 g/mol. The highest BCUT2D eigenvalue weighted by molar-refractivity contribution is 6.34. The second-order valence-electron chi connectivity index (χ2n) is 5.40. The first-order valence-electron chi connectivity index (χ1n) is 7.26. The number of urea groups is 1. The first-order chi connectivity index (χ1) is 11.6. The van der Waals surface area contributed by atoms with E-state index in [2.05, 4.69) is 5.32 Å². The molecule has 0 bridgehead atoms. The zero-order valence-corrected chi connectivity index (χ0v) is 12.4. The lowest BCUT2D eigenvalue weighted by molar-refractivity contribution is -0.115. The van der Waals surface area contributed by atoms with Crippen molar-refractivity contribution in [3.05, 3.63) is 59.7 Å². The van der Waals surface area contributed by atoms with Crippen molar-refractivity contribution in [1.82, 2.24) is 5.32 Å². The molecule has 2 aromatic carbocycles. The highest BCUT2D eigenvalue weighted by Gasteiger charge is 2.37. The smallest absolute Gasteiger partial charge is 0.328 e. The van der Waals surface area contributed by atoms with E-state index in [1.807, 2.05) is 0 Å². The van der Waals surface area contributed by atoms with E-state index in [0.717, 1.165) is 9.80 Å². The van der Waals surface area contributed by atoms with Gasteiger partial charge < -0.3 is 5.32 Å². The van der Waals surface area contributed by atoms with Crippen molar-refractivity contribution in [1.29, 1.82) is 0 Å². The molecule has 2 aliphatic rings. The van der Waals surface area contributed by atoms with Crippen LogP contribution >= 0.6 is 0 Å². The number of hydrogen-bond acceptors (Lipinski definition) is 4. The Morgan fingerprint density at radius 2 is 1.33 bits per heavy atom. The summed E-state index contributed by atoms with van der Waals surface area (Å²) in [6.07, 6.45) is 0. The fourth-order valence-electron chi connectivity index (χ4n) is 2.88. The van der Waals surface area contributed by atoms with Crippen LogP contribution in [0.4, 0.5) is 16.2 Å². The minimum absolute atomic E-state index is 0.0733. The molecule has 7 heteroatoms. The first kappa shape index (κ1) is 14.1. The van der Waals surface area contributed by atoms with Crippen LogP contribution in [-0.2, 0) is 4.79 Å². The van der Waals surface area contributed by atoms with Crippen molar-refractivity contribution in [3.63, 3.8) is 0 Å². The normalized spacial score (nSPS) is 16.7. The summed E-state index contributed by atoms with van der Waals surface area (Å²) in [6.45, 7) is -0.0733. The third kappa shape index (κ3) is 1.91. The summed E-state index contributed by atoms with van der Waals surface area (Å²) < 4.78 is 0. The topological polar surface area (TPSA) is 86.8 Å². The molecule has 0 spiro atoms. The molecule has 7 nitrogen and oxygen atoms in total. The number of nitrogens with one attached hydrogen (secondary N) is 1. The van der Waals surface area contributed by atoms with Gasteiger partial charge in [0.15, 0.2) is 0 Å². The van der Waals surface area contributed by atoms with E-state index >= 15 is 0 Å². The second-order valence-corrected chi connectivity index (χ2v) is 5.40. The molecule has 2 aliphatic heterocycles. The number of imide groups is 2. The van der Waals surface area contributed by atoms with Gasteiger partial charge >= 0.3 is 6.03 Å². The van der Waals surface area contributed by atoms with Crippen molar-refractivity contribution in [2.45, 2.75) is 0 Å². The van der Waals surface area contributed by atoms with Crippen LogP contribution in [0.15, 0.2) is 48.5 Å². The van der Waals surface area contributed by atoms with Crippen LogP contribution in [0.1, 0.15) is 20.7 Å². The number of carbonyl (C=O) groups is 4. The van der Waals surface area contributed by atoms with Gasteiger partial charge in [-0.05, 0) is 30.3 Å². The summed E-state index contributed by atoms with van der Waals surface area (Å²) >= 11 is 0. The molecule has 24 heavy (non-hydrogen) atoms. The van der Waals surface area contributed by atoms with Crippen LogP contribution < -0.4 is 15.1 Å². The largest absolute Gasteiger partial charge is 0.329 e. The third-order valence-corrected chi connectivity index (χ3v) is 3.98. The number of amides is 5. The lowest BCUT2D eigenvalue weighted by atomic mass is 10.1. The van der Waals surface area contributed by atoms with E-state index in [-0.39, 0.29) is 12.5 Å². The summed E-state index contributed by atoms with van der Waals surface area (Å²) in [5.41, 5.74) is 1.29. The fourth-order valence-corrected chi connectivity index (χ4v) is 2.88. The fraction of sp³-hybridized carbons (Fsp3) is 0.0588. The summed E-state index contributed by atoms with van der Waals surface area (Å²) in [5, 5.41) is 2.43. The predicted octanol–water partition coefficient (Wildman–Crippen LogP) is 1.54. The molecule has 2 heterocycles. The molecule has 0 radical (unpaired) electrons. The molecule has 0 aliphatic carbocycles. The van der Waals surface area contributed by atoms with E-state index < -0.39 is 17.8 Å². The van der Waals surface area contributed by atoms with Gasteiger partial charge in [-0.15, -0.1) is 0 Å². The SMILES string of the molecule is O=C1CNC(=O)N1c1cccc(N2C(=O)c3ccccc3C2=O)c1. The molecule has 2 aromatic rings. The Balaban J connectivity index is 1.75. The van der Waals surface area contributed by atoms with Gasteiger partial charge in [0.2, 0.25) is 0 Å². The van der Waals surface area contributed by atoms with Crippen LogP contribution in [-0.4, -0.2) is 30.3 Å². The maximum absolute atomic E-state index is 12.5. The van der Waals surface area contributed by atoms with E-state index in [1.54, 1.807) is 42.5 Å². The maximum Gasteiger partial charge on any atom is 0.329 e. The molecule has 118 valence electrons. The average molecular weight is 321 g/mol. The lowest BCUT2D eigenvalue weighted by Crippen LogP contribution is -2.32. The highest BCUT2D eigenvalue weighted by atomic mass is 16.2. The van der Waals surface area contributed by atoms with Gasteiger partial charge in [0.25, 0.3) is 17.7 Å². The molecular formula is C17H11N3O4. The van der Waals surface area contributed by atoms with Crippen molar-refractivity contribution in [2.24, 2.45) is 0 Å². The second kappa shape index (κ2) is 5.02. The molecule has 5 amide bonds. The van der Waals surface area contributed by atoms with Crippen molar-refractivity contribution in [3.8, 4) is 0 Å². The van der Waals surface area contributed by atoms with Gasteiger partial charge in [0.05, 0.1) is 29.0 Å². The van der Waals surface area contributed by atoms with Crippen LogP contribution in [0, 0.1) is 0 Å². The highest BCUT2D eigenvalue weighted by Crippen LogP contribution is 2.31. The summed E-state index contributed by atoms with van der Waals surface area (Å²) in [4.78, 5) is 50.7. The van der Waals surface area contributed by atoms with Crippen molar-refractivity contribution < 1.29 is 19.2 Å². The molecule has 1 saturated heterocycles. The molecule has 1 N–H and O–H groups in total. The Kier molecular flexibility index (Phi) is 2.96. The number of hydrogen-bond donors (Lipinski definition) is 1. The quantitative estimate of drug-likeness (QED) is 0.671. The minimum Gasteiger partial charge on any atom is -0.328 e. The number of benzene rings is 2. The maximum atomic E-state index is 12.5. The Bertz CT molecular complexity index is 871. The number of fused-ring (bicyclic) bond motifs is 1. The summed E-state index contributed by atoms with van der Waals surface area (Å²) in [5.74, 6) is -1.24. The molecule has 1 fully saturated rings. The number of nitrogens with zero attached hydrogens (tertiary/aromatic N) is 2. The number of carbonyl (C=O) groups excluding carboxylic acids is 4. The van der Waals surface area contributed by atoms with E-state index in [0.29, 0.717) is 22.5 Å². The zero-order chi connectivity index (χ0) is 16.8. The van der Waals surface area contributed by atoms with Crippen LogP contribution in [0.2, 0.25) is 0 Å². The van der Waals surface area contributed by atoms with E-state index in [4.69, 9.17) is 0 Å². The van der Waals surface area contributed by atoms with Gasteiger partial charge in [0, 0.05) is 0 Å². The van der Waals surface area contributed by atoms with Gasteiger partial charge in [-0.1, -0.05) is 18.2 Å². The monoisotopic (exact) mass is 321 g/mol. The van der Waals surface area contributed by atoms with Crippen molar-refractivity contribution >= 4 is 35.1 Å². The summed E-state index contributed by atoms with van der Waals surface area (Å²) in [7, 11) is 0. The van der Waals surface area contributed by atoms with Gasteiger partial charge in [-0.25, -0.2) is 14.6 Å². The van der Waals surface area contributed by atoms with Crippen LogP contribution in [0.5, 0.6) is 0 Å². The van der Waals surface area contributed by atoms with Crippen LogP contribution in [0.3, 0.4) is 0 Å². The molecule has 0 atom stereocenters. The lowest BCUT2D eigenvalue weighted by Gasteiger charge is -2.18. The van der Waals surface area contributed by atoms with Gasteiger partial charge in [-0.2, -0.15) is 0 Å². The Labute approximate surface area is 136 Å². The molecule has 0 aromatic heterocycles. The van der Waals surface area contributed by atoms with Gasteiger partial charge in [-0.3, -0.25) is 14.4 Å². The van der Waals surface area contributed by atoms with E-state index in [9.17, 15) is 19.2 Å². The Morgan fingerprint density at radius 3 is 1.88 bits per heavy atom. The zero-order valence-electron chi connectivity index (χ0n) is 12.4. The van der Waals surface area contributed by atoms with Gasteiger partial charge in [0.1, 0.15) is 0 Å². The molecule has 0 unspecified atom stereocenters. The standard InChI is InChI=1S/C17H11N3O4/c21-14-9-18-17(24)19(14)10-4-3-5-11(8-10)20-15(22)12-6-1-2-7-13(12)16(20)23/h1-8H,9H2,(H,18,24).